The summed E-state index contributed by atoms with van der Waals surface area (Å²) in [7, 11) is -3.61. The monoisotopic (exact) mass is 355 g/mol. The van der Waals surface area contributed by atoms with Gasteiger partial charge in [-0.15, -0.1) is 0 Å². The van der Waals surface area contributed by atoms with Crippen LogP contribution in [0.25, 0.3) is 0 Å². The van der Waals surface area contributed by atoms with E-state index < -0.39 is 10.0 Å². The maximum absolute atomic E-state index is 12.8. The van der Waals surface area contributed by atoms with Crippen molar-refractivity contribution in [3.63, 3.8) is 0 Å². The molecule has 0 aromatic carbocycles. The molecule has 1 aromatic rings. The van der Waals surface area contributed by atoms with E-state index in [0.717, 1.165) is 12.8 Å². The summed E-state index contributed by atoms with van der Waals surface area (Å²) in [6, 6.07) is 0. The van der Waals surface area contributed by atoms with E-state index in [1.165, 1.54) is 17.1 Å². The van der Waals surface area contributed by atoms with Crippen LogP contribution < -0.4 is 0 Å². The van der Waals surface area contributed by atoms with Crippen molar-refractivity contribution in [3.05, 3.63) is 11.5 Å². The Balaban J connectivity index is 1.61. The van der Waals surface area contributed by atoms with Gasteiger partial charge in [-0.05, 0) is 32.6 Å². The summed E-state index contributed by atoms with van der Waals surface area (Å²) in [5, 5.41) is 3.73. The molecule has 0 radical (unpaired) electrons. The molecule has 1 aliphatic heterocycles. The number of aryl methyl sites for hydroxylation is 2. The Hall–Kier alpha value is -1.41. The molecule has 24 heavy (non-hydrogen) atoms. The zero-order valence-electron chi connectivity index (χ0n) is 14.3. The molecule has 1 aliphatic carbocycles. The van der Waals surface area contributed by atoms with Gasteiger partial charge in [0.2, 0.25) is 15.9 Å². The zero-order valence-corrected chi connectivity index (χ0v) is 15.1. The number of hydrogen-bond donors (Lipinski definition) is 0. The van der Waals surface area contributed by atoms with Gasteiger partial charge in [0, 0.05) is 32.6 Å². The minimum atomic E-state index is -3.61. The fourth-order valence-electron chi connectivity index (χ4n) is 3.74. The first-order valence-electron chi connectivity index (χ1n) is 8.60. The van der Waals surface area contributed by atoms with Crippen LogP contribution in [0.2, 0.25) is 0 Å². The second-order valence-corrected chi connectivity index (χ2v) is 8.67. The van der Waals surface area contributed by atoms with Gasteiger partial charge in [-0.25, -0.2) is 8.42 Å². The van der Waals surface area contributed by atoms with E-state index in [2.05, 4.69) is 5.16 Å². The molecule has 2 fully saturated rings. The highest BCUT2D eigenvalue weighted by molar-refractivity contribution is 7.89. The predicted octanol–water partition coefficient (Wildman–Crippen LogP) is 1.70. The fraction of sp³-hybridized carbons (Fsp3) is 0.750. The van der Waals surface area contributed by atoms with Gasteiger partial charge in [0.05, 0.1) is 0 Å². The van der Waals surface area contributed by atoms with Crippen LogP contribution >= 0.6 is 0 Å². The van der Waals surface area contributed by atoms with E-state index in [4.69, 9.17) is 4.52 Å². The van der Waals surface area contributed by atoms with Gasteiger partial charge < -0.3 is 9.42 Å². The molecule has 0 spiro atoms. The minimum Gasteiger partial charge on any atom is -0.360 e. The summed E-state index contributed by atoms with van der Waals surface area (Å²) in [6.45, 7) is 4.78. The van der Waals surface area contributed by atoms with Crippen molar-refractivity contribution in [1.82, 2.24) is 14.4 Å². The standard InChI is InChI=1S/C16H25N3O4S/c1-12-16(13(2)23-17-12)24(21,22)19-9-7-18(8-10-19)15(20)11-14-5-3-4-6-14/h14H,3-11H2,1-2H3. The second-order valence-electron chi connectivity index (χ2n) is 6.79. The zero-order chi connectivity index (χ0) is 17.3. The Bertz CT molecular complexity index is 679. The molecule has 1 aromatic heterocycles. The molecule has 2 heterocycles. The van der Waals surface area contributed by atoms with Crippen molar-refractivity contribution in [2.45, 2.75) is 50.8 Å². The van der Waals surface area contributed by atoms with E-state index in [-0.39, 0.29) is 10.8 Å². The molecule has 2 aliphatic rings. The Morgan fingerprint density at radius 1 is 1.17 bits per heavy atom. The average Bonchev–Trinajstić information content (AvgIpc) is 3.17. The smallest absolute Gasteiger partial charge is 0.248 e. The lowest BCUT2D eigenvalue weighted by Gasteiger charge is -2.34. The summed E-state index contributed by atoms with van der Waals surface area (Å²) in [4.78, 5) is 14.3. The van der Waals surface area contributed by atoms with Gasteiger partial charge in [0.15, 0.2) is 5.76 Å². The first-order valence-corrected chi connectivity index (χ1v) is 10.0. The lowest BCUT2D eigenvalue weighted by molar-refractivity contribution is -0.133. The molecule has 0 atom stereocenters. The third kappa shape index (κ3) is 3.35. The van der Waals surface area contributed by atoms with Crippen LogP contribution in [0.15, 0.2) is 9.42 Å². The number of carbonyl (C=O) groups is 1. The lowest BCUT2D eigenvalue weighted by atomic mass is 10.0. The van der Waals surface area contributed by atoms with Gasteiger partial charge in [-0.1, -0.05) is 18.0 Å². The third-order valence-electron chi connectivity index (χ3n) is 5.10. The van der Waals surface area contributed by atoms with Gasteiger partial charge in [-0.3, -0.25) is 4.79 Å². The Morgan fingerprint density at radius 3 is 2.33 bits per heavy atom. The number of piperazine rings is 1. The van der Waals surface area contributed by atoms with Crippen LogP contribution in [0.1, 0.15) is 43.6 Å². The normalized spacial score (nSPS) is 20.7. The molecule has 0 bridgehead atoms. The van der Waals surface area contributed by atoms with E-state index >= 15 is 0 Å². The summed E-state index contributed by atoms with van der Waals surface area (Å²) in [6.07, 6.45) is 5.34. The average molecular weight is 355 g/mol. The molecule has 1 saturated heterocycles. The van der Waals surface area contributed by atoms with Crippen LogP contribution in [0.3, 0.4) is 0 Å². The molecule has 0 unspecified atom stereocenters. The van der Waals surface area contributed by atoms with Crippen molar-refractivity contribution in [1.29, 1.82) is 0 Å². The first kappa shape index (κ1) is 17.4. The number of amides is 1. The quantitative estimate of drug-likeness (QED) is 0.821. The maximum atomic E-state index is 12.8. The molecule has 1 saturated carbocycles. The van der Waals surface area contributed by atoms with Gasteiger partial charge in [0.1, 0.15) is 10.6 Å². The number of aromatic nitrogens is 1. The molecule has 1 amide bonds. The van der Waals surface area contributed by atoms with Crippen LogP contribution in [0, 0.1) is 19.8 Å². The third-order valence-corrected chi connectivity index (χ3v) is 7.24. The van der Waals surface area contributed by atoms with E-state index in [1.54, 1.807) is 18.7 Å². The second kappa shape index (κ2) is 6.84. The van der Waals surface area contributed by atoms with Gasteiger partial charge in [0.25, 0.3) is 0 Å². The minimum absolute atomic E-state index is 0.160. The number of nitrogens with zero attached hydrogens (tertiary/aromatic N) is 3. The van der Waals surface area contributed by atoms with Crippen LogP contribution in [-0.2, 0) is 14.8 Å². The largest absolute Gasteiger partial charge is 0.360 e. The number of hydrogen-bond acceptors (Lipinski definition) is 5. The Morgan fingerprint density at radius 2 is 1.79 bits per heavy atom. The number of carbonyl (C=O) groups excluding carboxylic acids is 1. The number of rotatable bonds is 4. The van der Waals surface area contributed by atoms with Crippen molar-refractivity contribution >= 4 is 15.9 Å². The molecular weight excluding hydrogens is 330 g/mol. The van der Waals surface area contributed by atoms with Crippen molar-refractivity contribution in [2.24, 2.45) is 5.92 Å². The van der Waals surface area contributed by atoms with Gasteiger partial charge in [-0.2, -0.15) is 4.31 Å². The molecular formula is C16H25N3O4S. The molecule has 7 nitrogen and oxygen atoms in total. The SMILES string of the molecule is Cc1noc(C)c1S(=O)(=O)N1CCN(C(=O)CC2CCCC2)CC1. The summed E-state index contributed by atoms with van der Waals surface area (Å²) in [5.74, 6) is 0.991. The van der Waals surface area contributed by atoms with E-state index in [9.17, 15) is 13.2 Å². The van der Waals surface area contributed by atoms with Crippen LogP contribution in [0.4, 0.5) is 0 Å². The van der Waals surface area contributed by atoms with Crippen molar-refractivity contribution in [2.75, 3.05) is 26.2 Å². The predicted molar refractivity (Wildman–Crippen MR) is 87.9 cm³/mol. The fourth-order valence-corrected chi connectivity index (χ4v) is 5.45. The number of sulfonamides is 1. The highest BCUT2D eigenvalue weighted by Gasteiger charge is 2.34. The Labute approximate surface area is 143 Å². The van der Waals surface area contributed by atoms with Crippen molar-refractivity contribution in [3.8, 4) is 0 Å². The van der Waals surface area contributed by atoms with E-state index in [0.29, 0.717) is 50.0 Å². The maximum Gasteiger partial charge on any atom is 0.248 e. The molecule has 8 heteroatoms. The highest BCUT2D eigenvalue weighted by Crippen LogP contribution is 2.29. The summed E-state index contributed by atoms with van der Waals surface area (Å²) < 4.78 is 32.0. The Kier molecular flexibility index (Phi) is 4.96. The van der Waals surface area contributed by atoms with Crippen LogP contribution in [-0.4, -0.2) is 54.9 Å². The lowest BCUT2D eigenvalue weighted by Crippen LogP contribution is -2.50. The van der Waals surface area contributed by atoms with Crippen LogP contribution in [0.5, 0.6) is 0 Å². The highest BCUT2D eigenvalue weighted by atomic mass is 32.2. The first-order chi connectivity index (χ1) is 11.4. The summed E-state index contributed by atoms with van der Waals surface area (Å²) >= 11 is 0. The molecule has 134 valence electrons. The van der Waals surface area contributed by atoms with Crippen molar-refractivity contribution < 1.29 is 17.7 Å². The summed E-state index contributed by atoms with van der Waals surface area (Å²) in [5.41, 5.74) is 0.382. The molecule has 3 rings (SSSR count). The van der Waals surface area contributed by atoms with Gasteiger partial charge >= 0.3 is 0 Å². The molecule has 0 N–H and O–H groups in total. The topological polar surface area (TPSA) is 83.7 Å². The van der Waals surface area contributed by atoms with E-state index in [1.807, 2.05) is 0 Å².